The first-order valence-corrected chi connectivity index (χ1v) is 9.27. The summed E-state index contributed by atoms with van der Waals surface area (Å²) in [5, 5.41) is 1.14. The maximum atomic E-state index is 12.6. The first-order valence-electron chi connectivity index (χ1n) is 9.27. The summed E-state index contributed by atoms with van der Waals surface area (Å²) in [6.45, 7) is 7.48. The van der Waals surface area contributed by atoms with Crippen LogP contribution in [0.1, 0.15) is 11.1 Å². The highest BCUT2D eigenvalue weighted by Gasteiger charge is 2.16. The molecule has 1 aliphatic rings. The Morgan fingerprint density at radius 3 is 2.77 bits per heavy atom. The van der Waals surface area contributed by atoms with Crippen molar-refractivity contribution < 1.29 is 14.3 Å². The molecule has 0 saturated carbocycles. The molecule has 1 aromatic carbocycles. The van der Waals surface area contributed by atoms with E-state index in [2.05, 4.69) is 36.9 Å². The molecule has 1 aromatic heterocycles. The number of aromatic nitrogens is 1. The molecule has 6 nitrogen and oxygen atoms in total. The fourth-order valence-corrected chi connectivity index (χ4v) is 3.26. The highest BCUT2D eigenvalue weighted by molar-refractivity contribution is 5.92. The number of ether oxygens (including phenoxy) is 2. The highest BCUT2D eigenvalue weighted by atomic mass is 16.5. The number of rotatable bonds is 6. The topological polar surface area (TPSA) is 46.9 Å². The number of hydrogen-bond acceptors (Lipinski definition) is 5. The predicted molar refractivity (Wildman–Crippen MR) is 103 cm³/mol. The van der Waals surface area contributed by atoms with Crippen LogP contribution in [0.25, 0.3) is 10.9 Å². The number of carbonyl (C=O) groups excluding carboxylic acids is 1. The van der Waals surface area contributed by atoms with Gasteiger partial charge in [-0.15, -0.1) is 0 Å². The van der Waals surface area contributed by atoms with Crippen LogP contribution >= 0.6 is 0 Å². The molecule has 6 heteroatoms. The van der Waals surface area contributed by atoms with Gasteiger partial charge in [-0.2, -0.15) is 0 Å². The summed E-state index contributed by atoms with van der Waals surface area (Å²) in [5.74, 6) is 0. The highest BCUT2D eigenvalue weighted by Crippen LogP contribution is 2.24. The number of carbonyl (C=O) groups is 1. The zero-order chi connectivity index (χ0) is 18.5. The fourth-order valence-electron chi connectivity index (χ4n) is 3.26. The van der Waals surface area contributed by atoms with E-state index in [1.54, 1.807) is 4.57 Å². The number of benzene rings is 1. The largest absolute Gasteiger partial charge is 0.448 e. The number of likely N-dealkylation sites (N-methyl/N-ethyl adjacent to an activating group) is 1. The molecule has 2 heterocycles. The Morgan fingerprint density at radius 1 is 1.27 bits per heavy atom. The van der Waals surface area contributed by atoms with Crippen LogP contribution in [0.3, 0.4) is 0 Å². The van der Waals surface area contributed by atoms with Gasteiger partial charge >= 0.3 is 6.09 Å². The first kappa shape index (κ1) is 18.9. The third-order valence-electron chi connectivity index (χ3n) is 4.80. The van der Waals surface area contributed by atoms with Crippen molar-refractivity contribution in [2.75, 3.05) is 60.1 Å². The summed E-state index contributed by atoms with van der Waals surface area (Å²) in [7, 11) is 4.12. The van der Waals surface area contributed by atoms with Crippen molar-refractivity contribution in [3.05, 3.63) is 35.5 Å². The molecular formula is C20H29N3O3. The lowest BCUT2D eigenvalue weighted by atomic mass is 10.1. The third-order valence-corrected chi connectivity index (χ3v) is 4.80. The summed E-state index contributed by atoms with van der Waals surface area (Å²) in [6.07, 6.45) is 2.54. The van der Waals surface area contributed by atoms with Crippen LogP contribution in [0, 0.1) is 6.92 Å². The maximum Gasteiger partial charge on any atom is 0.418 e. The monoisotopic (exact) mass is 359 g/mol. The Labute approximate surface area is 155 Å². The van der Waals surface area contributed by atoms with Gasteiger partial charge in [-0.1, -0.05) is 11.6 Å². The Balaban J connectivity index is 1.70. The standard InChI is InChI=1S/C20H29N3O3/c1-16-4-5-19-18(14-16)17(6-7-21(2)3)15-23(19)20(24)26-13-10-22-8-11-25-12-9-22/h4-5,14-15H,6-13H2,1-3H3. The van der Waals surface area contributed by atoms with Crippen molar-refractivity contribution in [1.82, 2.24) is 14.4 Å². The van der Waals surface area contributed by atoms with E-state index in [0.717, 1.165) is 56.7 Å². The van der Waals surface area contributed by atoms with Crippen LogP contribution < -0.4 is 0 Å². The predicted octanol–water partition coefficient (Wildman–Crippen LogP) is 2.37. The van der Waals surface area contributed by atoms with E-state index < -0.39 is 0 Å². The van der Waals surface area contributed by atoms with E-state index >= 15 is 0 Å². The molecule has 142 valence electrons. The van der Waals surface area contributed by atoms with E-state index in [0.29, 0.717) is 6.61 Å². The van der Waals surface area contributed by atoms with Gasteiger partial charge < -0.3 is 14.4 Å². The second kappa shape index (κ2) is 8.66. The molecule has 1 aliphatic heterocycles. The molecule has 0 amide bonds. The minimum Gasteiger partial charge on any atom is -0.448 e. The molecule has 0 bridgehead atoms. The lowest BCUT2D eigenvalue weighted by Crippen LogP contribution is -2.38. The Bertz CT molecular complexity index is 748. The average molecular weight is 359 g/mol. The van der Waals surface area contributed by atoms with Gasteiger partial charge in [0, 0.05) is 37.8 Å². The molecule has 0 atom stereocenters. The smallest absolute Gasteiger partial charge is 0.418 e. The number of fused-ring (bicyclic) bond motifs is 1. The summed E-state index contributed by atoms with van der Waals surface area (Å²) in [6, 6.07) is 6.19. The maximum absolute atomic E-state index is 12.6. The van der Waals surface area contributed by atoms with Crippen LogP contribution in [-0.4, -0.2) is 80.6 Å². The zero-order valence-electron chi connectivity index (χ0n) is 16.0. The Hall–Kier alpha value is -1.89. The Morgan fingerprint density at radius 2 is 2.04 bits per heavy atom. The van der Waals surface area contributed by atoms with E-state index in [1.807, 2.05) is 18.3 Å². The van der Waals surface area contributed by atoms with Gasteiger partial charge in [-0.25, -0.2) is 4.79 Å². The lowest BCUT2D eigenvalue weighted by molar-refractivity contribution is 0.0283. The number of nitrogens with zero attached hydrogens (tertiary/aromatic N) is 3. The molecule has 1 fully saturated rings. The molecule has 2 aromatic rings. The minimum atomic E-state index is -0.303. The van der Waals surface area contributed by atoms with E-state index in [-0.39, 0.29) is 6.09 Å². The minimum absolute atomic E-state index is 0.303. The van der Waals surface area contributed by atoms with Gasteiger partial charge in [0.25, 0.3) is 0 Å². The van der Waals surface area contributed by atoms with Crippen molar-refractivity contribution in [2.24, 2.45) is 0 Å². The second-order valence-corrected chi connectivity index (χ2v) is 7.17. The fraction of sp³-hybridized carbons (Fsp3) is 0.550. The summed E-state index contributed by atoms with van der Waals surface area (Å²) in [4.78, 5) is 17.0. The summed E-state index contributed by atoms with van der Waals surface area (Å²) < 4.78 is 12.5. The molecule has 0 unspecified atom stereocenters. The Kier molecular flexibility index (Phi) is 6.29. The third kappa shape index (κ3) is 4.63. The number of morpholine rings is 1. The first-order chi connectivity index (χ1) is 12.5. The van der Waals surface area contributed by atoms with Crippen molar-refractivity contribution in [1.29, 1.82) is 0 Å². The van der Waals surface area contributed by atoms with Gasteiger partial charge in [0.15, 0.2) is 0 Å². The van der Waals surface area contributed by atoms with Crippen molar-refractivity contribution in [3.8, 4) is 0 Å². The van der Waals surface area contributed by atoms with Gasteiger partial charge in [-0.05, 0) is 45.1 Å². The molecule has 3 rings (SSSR count). The summed E-state index contributed by atoms with van der Waals surface area (Å²) in [5.41, 5.74) is 3.30. The average Bonchev–Trinajstić information content (AvgIpc) is 2.98. The van der Waals surface area contributed by atoms with E-state index in [9.17, 15) is 4.79 Å². The molecule has 1 saturated heterocycles. The van der Waals surface area contributed by atoms with Crippen molar-refractivity contribution >= 4 is 17.0 Å². The number of aryl methyl sites for hydroxylation is 1. The quantitative estimate of drug-likeness (QED) is 0.792. The molecule has 0 N–H and O–H groups in total. The van der Waals surface area contributed by atoms with Crippen LogP contribution in [0.4, 0.5) is 4.79 Å². The van der Waals surface area contributed by atoms with Crippen LogP contribution in [0.5, 0.6) is 0 Å². The molecule has 0 aliphatic carbocycles. The molecule has 26 heavy (non-hydrogen) atoms. The van der Waals surface area contributed by atoms with Crippen molar-refractivity contribution in [3.63, 3.8) is 0 Å². The van der Waals surface area contributed by atoms with Gasteiger partial charge in [0.2, 0.25) is 0 Å². The van der Waals surface area contributed by atoms with Crippen molar-refractivity contribution in [2.45, 2.75) is 13.3 Å². The number of hydrogen-bond donors (Lipinski definition) is 0. The van der Waals surface area contributed by atoms with Gasteiger partial charge in [0.05, 0.1) is 18.7 Å². The van der Waals surface area contributed by atoms with Crippen LogP contribution in [0.2, 0.25) is 0 Å². The van der Waals surface area contributed by atoms with Crippen LogP contribution in [0.15, 0.2) is 24.4 Å². The molecular weight excluding hydrogens is 330 g/mol. The molecule has 0 spiro atoms. The normalized spacial score (nSPS) is 15.7. The summed E-state index contributed by atoms with van der Waals surface area (Å²) >= 11 is 0. The molecule has 0 radical (unpaired) electrons. The second-order valence-electron chi connectivity index (χ2n) is 7.17. The SMILES string of the molecule is Cc1ccc2c(c1)c(CCN(C)C)cn2C(=O)OCCN1CCOCC1. The van der Waals surface area contributed by atoms with Gasteiger partial charge in [0.1, 0.15) is 6.61 Å². The zero-order valence-corrected chi connectivity index (χ0v) is 16.0. The van der Waals surface area contributed by atoms with Crippen LogP contribution in [-0.2, 0) is 15.9 Å². The van der Waals surface area contributed by atoms with E-state index in [4.69, 9.17) is 9.47 Å². The van der Waals surface area contributed by atoms with Gasteiger partial charge in [-0.3, -0.25) is 9.47 Å². The lowest BCUT2D eigenvalue weighted by Gasteiger charge is -2.26. The van der Waals surface area contributed by atoms with E-state index in [1.165, 1.54) is 11.1 Å².